The minimum absolute atomic E-state index is 0.0427. The summed E-state index contributed by atoms with van der Waals surface area (Å²) in [4.78, 5) is 25.8. The molecule has 5 rings (SSSR count). The van der Waals surface area contributed by atoms with E-state index in [0.717, 1.165) is 22.3 Å². The van der Waals surface area contributed by atoms with Gasteiger partial charge in [0.25, 0.3) is 31.9 Å². The van der Waals surface area contributed by atoms with E-state index in [1.54, 1.807) is 12.1 Å². The Balaban J connectivity index is 1.17. The van der Waals surface area contributed by atoms with E-state index in [4.69, 9.17) is 0 Å². The lowest BCUT2D eigenvalue weighted by molar-refractivity contribution is 0.101. The van der Waals surface area contributed by atoms with Crippen molar-refractivity contribution in [1.82, 2.24) is 0 Å². The Morgan fingerprint density at radius 2 is 0.792 bits per heavy atom. The highest BCUT2D eigenvalue weighted by molar-refractivity contribution is 7.93. The molecule has 0 radical (unpaired) electrons. The zero-order valence-electron chi connectivity index (χ0n) is 26.7. The number of hydrogen-bond donors (Lipinski definition) is 4. The molecule has 246 valence electrons. The second-order valence-electron chi connectivity index (χ2n) is 11.4. The van der Waals surface area contributed by atoms with Gasteiger partial charge in [-0.2, -0.15) is 0 Å². The van der Waals surface area contributed by atoms with Gasteiger partial charge in [0, 0.05) is 22.5 Å². The van der Waals surface area contributed by atoms with E-state index in [2.05, 4.69) is 20.1 Å². The maximum absolute atomic E-state index is 12.9. The smallest absolute Gasteiger partial charge is 0.261 e. The molecule has 0 atom stereocenters. The molecule has 2 amide bonds. The number of carbonyl (C=O) groups excluding carboxylic acids is 2. The lowest BCUT2D eigenvalue weighted by atomic mass is 10.1. The van der Waals surface area contributed by atoms with Crippen molar-refractivity contribution in [1.29, 1.82) is 0 Å². The van der Waals surface area contributed by atoms with Gasteiger partial charge in [0.15, 0.2) is 0 Å². The summed E-state index contributed by atoms with van der Waals surface area (Å²) in [6.45, 7) is 7.50. The van der Waals surface area contributed by atoms with Crippen LogP contribution in [0, 0.1) is 27.7 Å². The second-order valence-corrected chi connectivity index (χ2v) is 14.7. The number of anilines is 4. The third-order valence-corrected chi connectivity index (χ3v) is 10.3. The van der Waals surface area contributed by atoms with Gasteiger partial charge < -0.3 is 10.6 Å². The van der Waals surface area contributed by atoms with Gasteiger partial charge in [-0.25, -0.2) is 16.8 Å². The molecule has 5 aromatic rings. The van der Waals surface area contributed by atoms with E-state index >= 15 is 0 Å². The van der Waals surface area contributed by atoms with Crippen LogP contribution in [-0.2, 0) is 20.0 Å². The minimum Gasteiger partial charge on any atom is -0.322 e. The van der Waals surface area contributed by atoms with Crippen LogP contribution in [0.2, 0.25) is 0 Å². The molecule has 10 nitrogen and oxygen atoms in total. The van der Waals surface area contributed by atoms with Crippen molar-refractivity contribution in [2.45, 2.75) is 37.5 Å². The molecule has 0 bridgehead atoms. The minimum atomic E-state index is -3.84. The molecule has 0 aliphatic heterocycles. The summed E-state index contributed by atoms with van der Waals surface area (Å²) in [6, 6.07) is 28.4. The molecule has 5 aromatic carbocycles. The molecule has 4 N–H and O–H groups in total. The van der Waals surface area contributed by atoms with Crippen molar-refractivity contribution in [3.05, 3.63) is 143 Å². The first-order valence-corrected chi connectivity index (χ1v) is 17.8. The third-order valence-electron chi connectivity index (χ3n) is 7.51. The molecule has 0 aliphatic rings. The zero-order valence-corrected chi connectivity index (χ0v) is 28.3. The number of nitrogens with one attached hydrogen (secondary N) is 4. The van der Waals surface area contributed by atoms with E-state index in [1.807, 2.05) is 52.0 Å². The molecule has 0 unspecified atom stereocenters. The van der Waals surface area contributed by atoms with E-state index in [9.17, 15) is 26.4 Å². The average Bonchev–Trinajstić information content (AvgIpc) is 3.04. The number of aryl methyl sites for hydroxylation is 4. The normalized spacial score (nSPS) is 11.4. The fraction of sp³-hybridized carbons (Fsp3) is 0.111. The van der Waals surface area contributed by atoms with E-state index in [0.29, 0.717) is 22.7 Å². The van der Waals surface area contributed by atoms with Gasteiger partial charge in [-0.3, -0.25) is 19.0 Å². The van der Waals surface area contributed by atoms with Crippen molar-refractivity contribution in [2.24, 2.45) is 0 Å². The lowest BCUT2D eigenvalue weighted by Crippen LogP contribution is -2.16. The zero-order chi connectivity index (χ0) is 34.6. The van der Waals surface area contributed by atoms with Crippen molar-refractivity contribution < 1.29 is 26.4 Å². The molecule has 0 saturated heterocycles. The maximum Gasteiger partial charge on any atom is 0.261 e. The molecule has 0 fully saturated rings. The van der Waals surface area contributed by atoms with Gasteiger partial charge in [-0.05, 0) is 124 Å². The molecular weight excluding hydrogens is 649 g/mol. The molecule has 0 aliphatic carbocycles. The first kappa shape index (κ1) is 33.9. The molecule has 48 heavy (non-hydrogen) atoms. The Morgan fingerprint density at radius 1 is 0.458 bits per heavy atom. The molecule has 0 spiro atoms. The lowest BCUT2D eigenvalue weighted by Gasteiger charge is -2.12. The second kappa shape index (κ2) is 13.7. The van der Waals surface area contributed by atoms with Gasteiger partial charge in [0.05, 0.1) is 21.2 Å². The number of rotatable bonds is 10. The predicted molar refractivity (Wildman–Crippen MR) is 189 cm³/mol. The van der Waals surface area contributed by atoms with E-state index in [1.165, 1.54) is 72.8 Å². The Kier molecular flexibility index (Phi) is 9.69. The van der Waals surface area contributed by atoms with Crippen LogP contribution in [0.4, 0.5) is 22.7 Å². The largest absolute Gasteiger partial charge is 0.322 e. The van der Waals surface area contributed by atoms with Crippen LogP contribution >= 0.6 is 0 Å². The van der Waals surface area contributed by atoms with Crippen LogP contribution in [0.15, 0.2) is 119 Å². The summed E-state index contributed by atoms with van der Waals surface area (Å²) in [5.41, 5.74) is 5.97. The number of benzene rings is 5. The summed E-state index contributed by atoms with van der Waals surface area (Å²) in [5, 5.41) is 5.44. The highest BCUT2D eigenvalue weighted by atomic mass is 32.2. The van der Waals surface area contributed by atoms with Gasteiger partial charge in [-0.1, -0.05) is 35.4 Å². The van der Waals surface area contributed by atoms with Crippen LogP contribution in [-0.4, -0.2) is 28.6 Å². The third kappa shape index (κ3) is 8.08. The molecule has 0 saturated carbocycles. The Labute approximate surface area is 280 Å². The quantitative estimate of drug-likeness (QED) is 0.124. The molecule has 0 heterocycles. The summed E-state index contributed by atoms with van der Waals surface area (Å²) < 4.78 is 56.7. The predicted octanol–water partition coefficient (Wildman–Crippen LogP) is 7.03. The Morgan fingerprint density at radius 3 is 1.10 bits per heavy atom. The summed E-state index contributed by atoms with van der Waals surface area (Å²) >= 11 is 0. The summed E-state index contributed by atoms with van der Waals surface area (Å²) in [6.07, 6.45) is 0. The topological polar surface area (TPSA) is 151 Å². The van der Waals surface area contributed by atoms with Gasteiger partial charge in [0.1, 0.15) is 0 Å². The van der Waals surface area contributed by atoms with Gasteiger partial charge in [0.2, 0.25) is 0 Å². The number of sulfonamides is 2. The number of amides is 2. The monoisotopic (exact) mass is 682 g/mol. The Bertz CT molecular complexity index is 2060. The van der Waals surface area contributed by atoms with Crippen LogP contribution in [0.25, 0.3) is 0 Å². The standard InChI is InChI=1S/C36H34N4O6S2/c1-23-5-19-33(25(3)21-23)39-47(43,44)31-15-11-29(12-16-31)37-35(41)27-7-9-28(10-8-27)36(42)38-30-13-17-32(18-14-30)48(45,46)40-34-20-6-24(2)22-26(34)4/h5-22,39-40H,1-4H3,(H,37,41)(H,38,42). The molecular formula is C36H34N4O6S2. The van der Waals surface area contributed by atoms with Gasteiger partial charge >= 0.3 is 0 Å². The van der Waals surface area contributed by atoms with Crippen molar-refractivity contribution in [3.8, 4) is 0 Å². The molecule has 0 aromatic heterocycles. The highest BCUT2D eigenvalue weighted by Gasteiger charge is 2.18. The SMILES string of the molecule is Cc1ccc(NS(=O)(=O)c2ccc(NC(=O)c3ccc(C(=O)Nc4ccc(S(=O)(=O)Nc5ccc(C)cc5C)cc4)cc3)cc2)c(C)c1. The molecule has 12 heteroatoms. The van der Waals surface area contributed by atoms with Crippen molar-refractivity contribution in [2.75, 3.05) is 20.1 Å². The number of hydrogen-bond acceptors (Lipinski definition) is 6. The van der Waals surface area contributed by atoms with Gasteiger partial charge in [-0.15, -0.1) is 0 Å². The first-order valence-electron chi connectivity index (χ1n) is 14.8. The van der Waals surface area contributed by atoms with Crippen LogP contribution in [0.1, 0.15) is 43.0 Å². The Hall–Kier alpha value is -5.46. The summed E-state index contributed by atoms with van der Waals surface area (Å²) in [7, 11) is -7.67. The fourth-order valence-electron chi connectivity index (χ4n) is 4.88. The van der Waals surface area contributed by atoms with Crippen molar-refractivity contribution >= 4 is 54.6 Å². The highest BCUT2D eigenvalue weighted by Crippen LogP contribution is 2.24. The fourth-order valence-corrected chi connectivity index (χ4v) is 7.14. The average molecular weight is 683 g/mol. The van der Waals surface area contributed by atoms with E-state index in [-0.39, 0.29) is 20.9 Å². The van der Waals surface area contributed by atoms with Crippen molar-refractivity contribution in [3.63, 3.8) is 0 Å². The summed E-state index contributed by atoms with van der Waals surface area (Å²) in [5.74, 6) is -0.894. The maximum atomic E-state index is 12.9. The van der Waals surface area contributed by atoms with Crippen LogP contribution < -0.4 is 20.1 Å². The van der Waals surface area contributed by atoms with E-state index < -0.39 is 31.9 Å². The van der Waals surface area contributed by atoms with Crippen LogP contribution in [0.5, 0.6) is 0 Å². The first-order chi connectivity index (χ1) is 22.7. The van der Waals surface area contributed by atoms with Crippen LogP contribution in [0.3, 0.4) is 0 Å². The number of carbonyl (C=O) groups is 2.